The summed E-state index contributed by atoms with van der Waals surface area (Å²) in [6.07, 6.45) is 2.62. The lowest BCUT2D eigenvalue weighted by molar-refractivity contribution is -0.235. The van der Waals surface area contributed by atoms with E-state index < -0.39 is 0 Å². The van der Waals surface area contributed by atoms with Crippen LogP contribution in [0.25, 0.3) is 0 Å². The van der Waals surface area contributed by atoms with Crippen LogP contribution >= 0.6 is 0 Å². The van der Waals surface area contributed by atoms with Crippen molar-refractivity contribution in [3.05, 3.63) is 59.4 Å². The highest BCUT2D eigenvalue weighted by Gasteiger charge is 2.37. The molecule has 0 bridgehead atoms. The molecule has 0 aliphatic carbocycles. The van der Waals surface area contributed by atoms with E-state index in [2.05, 4.69) is 16.3 Å². The third-order valence-corrected chi connectivity index (χ3v) is 6.40. The Hall–Kier alpha value is -2.66. The van der Waals surface area contributed by atoms with Gasteiger partial charge < -0.3 is 24.4 Å². The normalized spacial score (nSPS) is 18.3. The molecule has 2 aliphatic rings. The number of piperidine rings is 1. The predicted octanol–water partition coefficient (Wildman–Crippen LogP) is 3.85. The van der Waals surface area contributed by atoms with Crippen LogP contribution in [0.1, 0.15) is 30.4 Å². The van der Waals surface area contributed by atoms with Crippen molar-refractivity contribution in [3.8, 4) is 11.8 Å². The average Bonchev–Trinajstić information content (AvgIpc) is 2.83. The molecular weight excluding hydrogens is 409 g/mol. The topological polar surface area (TPSA) is 66.8 Å². The molecule has 1 spiro atoms. The molecule has 0 unspecified atom stereocenters. The molecule has 0 atom stereocenters. The monoisotopic (exact) mass is 439 g/mol. The summed E-state index contributed by atoms with van der Waals surface area (Å²) in [6, 6.07) is 14.6. The molecule has 0 amide bonds. The van der Waals surface area contributed by atoms with Crippen molar-refractivity contribution in [1.82, 2.24) is 5.32 Å². The van der Waals surface area contributed by atoms with Gasteiger partial charge in [-0.05, 0) is 67.9 Å². The Morgan fingerprint density at radius 1 is 1.16 bits per heavy atom. The summed E-state index contributed by atoms with van der Waals surface area (Å²) < 4.78 is 31.5. The van der Waals surface area contributed by atoms with Gasteiger partial charge in [-0.2, -0.15) is 5.26 Å². The zero-order chi connectivity index (χ0) is 22.4. The number of ether oxygens (including phenoxy) is 3. The molecule has 2 aliphatic heterocycles. The maximum atomic E-state index is 14.2. The summed E-state index contributed by atoms with van der Waals surface area (Å²) in [5.41, 5.74) is 2.56. The SMILES string of the molecule is COc1ccc(CN(CCC2OCC3(CCNCC3)CO2)c2ccc(C#N)cc2)cc1F. The van der Waals surface area contributed by atoms with Gasteiger partial charge in [0, 0.05) is 30.6 Å². The highest BCUT2D eigenvalue weighted by atomic mass is 19.1. The van der Waals surface area contributed by atoms with Crippen LogP contribution in [0.4, 0.5) is 10.1 Å². The summed E-state index contributed by atoms with van der Waals surface area (Å²) in [5.74, 6) is -0.148. The van der Waals surface area contributed by atoms with Gasteiger partial charge in [-0.15, -0.1) is 0 Å². The number of nitriles is 1. The van der Waals surface area contributed by atoms with Gasteiger partial charge in [-0.3, -0.25) is 0 Å². The maximum absolute atomic E-state index is 14.2. The average molecular weight is 440 g/mol. The van der Waals surface area contributed by atoms with E-state index in [1.165, 1.54) is 13.2 Å². The number of nitrogens with zero attached hydrogens (tertiary/aromatic N) is 2. The van der Waals surface area contributed by atoms with Gasteiger partial charge in [0.15, 0.2) is 17.9 Å². The van der Waals surface area contributed by atoms with E-state index >= 15 is 0 Å². The van der Waals surface area contributed by atoms with Gasteiger partial charge in [0.25, 0.3) is 0 Å². The number of nitrogens with one attached hydrogen (secondary N) is 1. The smallest absolute Gasteiger partial charge is 0.165 e. The Labute approximate surface area is 188 Å². The molecule has 2 saturated heterocycles. The minimum absolute atomic E-state index is 0.148. The zero-order valence-electron chi connectivity index (χ0n) is 18.5. The number of hydrogen-bond acceptors (Lipinski definition) is 6. The Balaban J connectivity index is 1.42. The van der Waals surface area contributed by atoms with E-state index in [-0.39, 0.29) is 23.3 Å². The molecule has 0 saturated carbocycles. The third-order valence-electron chi connectivity index (χ3n) is 6.40. The van der Waals surface area contributed by atoms with E-state index in [1.54, 1.807) is 18.2 Å². The first kappa shape index (κ1) is 22.5. The second-order valence-electron chi connectivity index (χ2n) is 8.64. The van der Waals surface area contributed by atoms with Crippen molar-refractivity contribution in [2.24, 2.45) is 5.41 Å². The number of rotatable bonds is 7. The van der Waals surface area contributed by atoms with E-state index in [0.717, 1.165) is 50.4 Å². The van der Waals surface area contributed by atoms with Crippen molar-refractivity contribution in [2.75, 3.05) is 44.9 Å². The van der Waals surface area contributed by atoms with Gasteiger partial charge in [0.1, 0.15) is 0 Å². The summed E-state index contributed by atoms with van der Waals surface area (Å²) in [6.45, 7) is 4.71. The molecule has 2 aromatic rings. The fraction of sp³-hybridized carbons (Fsp3) is 0.480. The summed E-state index contributed by atoms with van der Waals surface area (Å²) >= 11 is 0. The van der Waals surface area contributed by atoms with Crippen molar-refractivity contribution < 1.29 is 18.6 Å². The first-order chi connectivity index (χ1) is 15.6. The van der Waals surface area contributed by atoms with Crippen molar-refractivity contribution >= 4 is 5.69 Å². The first-order valence-corrected chi connectivity index (χ1v) is 11.1. The van der Waals surface area contributed by atoms with Crippen molar-refractivity contribution in [1.29, 1.82) is 5.26 Å². The number of methoxy groups -OCH3 is 1. The molecule has 7 heteroatoms. The molecular formula is C25H30FN3O3. The number of hydrogen-bond donors (Lipinski definition) is 1. The minimum Gasteiger partial charge on any atom is -0.494 e. The minimum atomic E-state index is -0.379. The van der Waals surface area contributed by atoms with Crippen LogP contribution in [-0.4, -0.2) is 46.2 Å². The molecule has 1 N–H and O–H groups in total. The molecule has 170 valence electrons. The maximum Gasteiger partial charge on any atom is 0.165 e. The van der Waals surface area contributed by atoms with Crippen LogP contribution in [0.3, 0.4) is 0 Å². The van der Waals surface area contributed by atoms with Crippen LogP contribution in [-0.2, 0) is 16.0 Å². The number of benzene rings is 2. The molecule has 4 rings (SSSR count). The summed E-state index contributed by atoms with van der Waals surface area (Å²) in [4.78, 5) is 2.16. The standard InChI is InChI=1S/C25H30FN3O3/c1-30-23-7-4-20(14-22(23)26)16-29(21-5-2-19(15-27)3-6-21)13-8-24-31-17-25(18-32-24)9-11-28-12-10-25/h2-7,14,24,28H,8-13,16-18H2,1H3. The van der Waals surface area contributed by atoms with Crippen LogP contribution < -0.4 is 15.0 Å². The molecule has 0 aromatic heterocycles. The Kier molecular flexibility index (Phi) is 7.26. The lowest BCUT2D eigenvalue weighted by Gasteiger charge is -2.43. The summed E-state index contributed by atoms with van der Waals surface area (Å²) in [7, 11) is 1.46. The van der Waals surface area contributed by atoms with E-state index in [9.17, 15) is 4.39 Å². The fourth-order valence-corrected chi connectivity index (χ4v) is 4.38. The van der Waals surface area contributed by atoms with E-state index in [4.69, 9.17) is 19.5 Å². The predicted molar refractivity (Wildman–Crippen MR) is 120 cm³/mol. The van der Waals surface area contributed by atoms with Gasteiger partial charge in [-0.1, -0.05) is 6.07 Å². The van der Waals surface area contributed by atoms with Gasteiger partial charge in [0.2, 0.25) is 0 Å². The Morgan fingerprint density at radius 3 is 2.50 bits per heavy atom. The lowest BCUT2D eigenvalue weighted by Crippen LogP contribution is -2.48. The lowest BCUT2D eigenvalue weighted by atomic mass is 9.80. The fourth-order valence-electron chi connectivity index (χ4n) is 4.38. The van der Waals surface area contributed by atoms with Crippen LogP contribution in [0.15, 0.2) is 42.5 Å². The highest BCUT2D eigenvalue weighted by molar-refractivity contribution is 5.50. The highest BCUT2D eigenvalue weighted by Crippen LogP contribution is 2.34. The quantitative estimate of drug-likeness (QED) is 0.707. The van der Waals surface area contributed by atoms with Gasteiger partial charge >= 0.3 is 0 Å². The number of anilines is 1. The molecule has 32 heavy (non-hydrogen) atoms. The second-order valence-corrected chi connectivity index (χ2v) is 8.64. The molecule has 2 fully saturated rings. The molecule has 2 aromatic carbocycles. The van der Waals surface area contributed by atoms with Crippen LogP contribution in [0.5, 0.6) is 5.75 Å². The molecule has 2 heterocycles. The Morgan fingerprint density at radius 2 is 1.88 bits per heavy atom. The van der Waals surface area contributed by atoms with Crippen LogP contribution in [0.2, 0.25) is 0 Å². The van der Waals surface area contributed by atoms with E-state index in [0.29, 0.717) is 25.1 Å². The van der Waals surface area contributed by atoms with Crippen molar-refractivity contribution in [3.63, 3.8) is 0 Å². The zero-order valence-corrected chi connectivity index (χ0v) is 18.5. The number of halogens is 1. The second kappa shape index (κ2) is 10.3. The molecule has 0 radical (unpaired) electrons. The largest absolute Gasteiger partial charge is 0.494 e. The third kappa shape index (κ3) is 5.39. The Bertz CT molecular complexity index is 928. The van der Waals surface area contributed by atoms with Gasteiger partial charge in [0.05, 0.1) is 32.0 Å². The summed E-state index contributed by atoms with van der Waals surface area (Å²) in [5, 5.41) is 12.5. The van der Waals surface area contributed by atoms with Crippen LogP contribution in [0, 0.1) is 22.6 Å². The molecule has 6 nitrogen and oxygen atoms in total. The first-order valence-electron chi connectivity index (χ1n) is 11.1. The van der Waals surface area contributed by atoms with Gasteiger partial charge in [-0.25, -0.2) is 4.39 Å². The van der Waals surface area contributed by atoms with E-state index in [1.807, 2.05) is 18.2 Å². The van der Waals surface area contributed by atoms with Crippen molar-refractivity contribution in [2.45, 2.75) is 32.1 Å².